The molecule has 1 aromatic carbocycles. The standard InChI is InChI=1S/C16H12ClNO2S/c1-8-5-9(2)15-10(16(19)20)7-11(18-12(15)6-8)13-3-4-14(17)21-13/h3-7H,1-2H3,(H,19,20). The average Bonchev–Trinajstić information content (AvgIpc) is 2.83. The van der Waals surface area contributed by atoms with Crippen molar-refractivity contribution in [2.45, 2.75) is 13.8 Å². The topological polar surface area (TPSA) is 50.2 Å². The van der Waals surface area contributed by atoms with Gasteiger partial charge in [0, 0.05) is 5.39 Å². The molecule has 0 bridgehead atoms. The normalized spacial score (nSPS) is 11.0. The predicted molar refractivity (Wildman–Crippen MR) is 86.5 cm³/mol. The molecule has 21 heavy (non-hydrogen) atoms. The number of thiophene rings is 1. The van der Waals surface area contributed by atoms with Crippen LogP contribution < -0.4 is 0 Å². The number of hydrogen-bond acceptors (Lipinski definition) is 3. The molecule has 0 spiro atoms. The molecule has 106 valence electrons. The Morgan fingerprint density at radius 2 is 2.00 bits per heavy atom. The molecule has 0 radical (unpaired) electrons. The molecule has 0 saturated carbocycles. The molecule has 3 aromatic rings. The van der Waals surface area contributed by atoms with Crippen LogP contribution in [0.1, 0.15) is 21.5 Å². The summed E-state index contributed by atoms with van der Waals surface area (Å²) in [5.41, 5.74) is 3.60. The Kier molecular flexibility index (Phi) is 3.43. The van der Waals surface area contributed by atoms with E-state index >= 15 is 0 Å². The van der Waals surface area contributed by atoms with Crippen molar-refractivity contribution in [1.82, 2.24) is 4.98 Å². The fraction of sp³-hybridized carbons (Fsp3) is 0.125. The van der Waals surface area contributed by atoms with Crippen LogP contribution in [-0.2, 0) is 0 Å². The van der Waals surface area contributed by atoms with E-state index < -0.39 is 5.97 Å². The number of carbonyl (C=O) groups is 1. The van der Waals surface area contributed by atoms with Crippen LogP contribution in [-0.4, -0.2) is 16.1 Å². The Hall–Kier alpha value is -1.91. The van der Waals surface area contributed by atoms with Gasteiger partial charge in [-0.3, -0.25) is 0 Å². The van der Waals surface area contributed by atoms with Crippen LogP contribution in [0.25, 0.3) is 21.5 Å². The number of rotatable bonds is 2. The molecule has 0 fully saturated rings. The first-order valence-corrected chi connectivity index (χ1v) is 7.56. The zero-order valence-corrected chi connectivity index (χ0v) is 13.0. The SMILES string of the molecule is Cc1cc(C)c2c(C(=O)O)cc(-c3ccc(Cl)s3)nc2c1. The maximum Gasteiger partial charge on any atom is 0.336 e. The number of aromatic carboxylic acids is 1. The fourth-order valence-electron chi connectivity index (χ4n) is 2.50. The van der Waals surface area contributed by atoms with Crippen LogP contribution in [0.15, 0.2) is 30.3 Å². The van der Waals surface area contributed by atoms with E-state index in [1.807, 2.05) is 32.0 Å². The van der Waals surface area contributed by atoms with Crippen molar-refractivity contribution in [2.24, 2.45) is 0 Å². The van der Waals surface area contributed by atoms with E-state index in [1.165, 1.54) is 11.3 Å². The van der Waals surface area contributed by atoms with Gasteiger partial charge >= 0.3 is 5.97 Å². The van der Waals surface area contributed by atoms with E-state index in [0.717, 1.165) is 16.0 Å². The zero-order chi connectivity index (χ0) is 15.1. The summed E-state index contributed by atoms with van der Waals surface area (Å²) < 4.78 is 0.657. The third kappa shape index (κ3) is 2.52. The number of carboxylic acid groups (broad SMARTS) is 1. The molecular weight excluding hydrogens is 306 g/mol. The van der Waals surface area contributed by atoms with Crippen molar-refractivity contribution < 1.29 is 9.90 Å². The number of carboxylic acids is 1. The fourth-order valence-corrected chi connectivity index (χ4v) is 3.51. The number of fused-ring (bicyclic) bond motifs is 1. The lowest BCUT2D eigenvalue weighted by Crippen LogP contribution is -2.01. The van der Waals surface area contributed by atoms with Gasteiger partial charge in [-0.25, -0.2) is 9.78 Å². The minimum atomic E-state index is -0.946. The maximum atomic E-state index is 11.6. The van der Waals surface area contributed by atoms with Crippen LogP contribution in [0.4, 0.5) is 0 Å². The van der Waals surface area contributed by atoms with Crippen LogP contribution in [0.3, 0.4) is 0 Å². The number of pyridine rings is 1. The van der Waals surface area contributed by atoms with Crippen LogP contribution in [0.5, 0.6) is 0 Å². The second kappa shape index (κ2) is 5.13. The van der Waals surface area contributed by atoms with Gasteiger partial charge in [0.1, 0.15) is 0 Å². The van der Waals surface area contributed by atoms with Gasteiger partial charge in [-0.1, -0.05) is 17.7 Å². The highest BCUT2D eigenvalue weighted by Crippen LogP contribution is 2.33. The monoisotopic (exact) mass is 317 g/mol. The smallest absolute Gasteiger partial charge is 0.336 e. The highest BCUT2D eigenvalue weighted by atomic mass is 35.5. The molecule has 0 atom stereocenters. The zero-order valence-electron chi connectivity index (χ0n) is 11.5. The van der Waals surface area contributed by atoms with Gasteiger partial charge in [0.15, 0.2) is 0 Å². The van der Waals surface area contributed by atoms with Crippen LogP contribution in [0.2, 0.25) is 4.34 Å². The first-order valence-electron chi connectivity index (χ1n) is 6.36. The Balaban J connectivity index is 2.37. The minimum Gasteiger partial charge on any atom is -0.478 e. The van der Waals surface area contributed by atoms with Crippen molar-refractivity contribution in [3.63, 3.8) is 0 Å². The van der Waals surface area contributed by atoms with Crippen molar-refractivity contribution >= 4 is 39.8 Å². The molecule has 5 heteroatoms. The van der Waals surface area contributed by atoms with E-state index in [-0.39, 0.29) is 5.56 Å². The third-order valence-corrected chi connectivity index (χ3v) is 4.56. The Morgan fingerprint density at radius 1 is 1.24 bits per heavy atom. The van der Waals surface area contributed by atoms with Gasteiger partial charge in [0.25, 0.3) is 0 Å². The van der Waals surface area contributed by atoms with Gasteiger partial charge in [0.05, 0.1) is 26.0 Å². The first-order chi connectivity index (χ1) is 9.95. The van der Waals surface area contributed by atoms with Gasteiger partial charge in [0.2, 0.25) is 0 Å². The van der Waals surface area contributed by atoms with E-state index in [2.05, 4.69) is 4.98 Å². The summed E-state index contributed by atoms with van der Waals surface area (Å²) in [6.07, 6.45) is 0. The second-order valence-electron chi connectivity index (χ2n) is 4.94. The third-order valence-electron chi connectivity index (χ3n) is 3.31. The molecule has 3 nitrogen and oxygen atoms in total. The molecule has 0 amide bonds. The number of nitrogens with zero attached hydrogens (tertiary/aromatic N) is 1. The quantitative estimate of drug-likeness (QED) is 0.729. The largest absolute Gasteiger partial charge is 0.478 e. The van der Waals surface area contributed by atoms with E-state index in [0.29, 0.717) is 20.9 Å². The molecule has 2 heterocycles. The summed E-state index contributed by atoms with van der Waals surface area (Å²) in [5, 5.41) is 10.2. The first kappa shape index (κ1) is 14.0. The predicted octanol–water partition coefficient (Wildman–Crippen LogP) is 4.93. The summed E-state index contributed by atoms with van der Waals surface area (Å²) in [5.74, 6) is -0.946. The molecular formula is C16H12ClNO2S. The Bertz CT molecular complexity index is 870. The van der Waals surface area contributed by atoms with Crippen molar-refractivity contribution in [2.75, 3.05) is 0 Å². The lowest BCUT2D eigenvalue weighted by atomic mass is 10.0. The lowest BCUT2D eigenvalue weighted by molar-refractivity contribution is 0.0699. The maximum absolute atomic E-state index is 11.6. The van der Waals surface area contributed by atoms with Crippen molar-refractivity contribution in [3.05, 3.63) is 51.4 Å². The van der Waals surface area contributed by atoms with E-state index in [9.17, 15) is 9.90 Å². The Labute approximate surface area is 130 Å². The summed E-state index contributed by atoms with van der Waals surface area (Å²) in [6.45, 7) is 3.88. The minimum absolute atomic E-state index is 0.275. The number of hydrogen-bond donors (Lipinski definition) is 1. The number of aryl methyl sites for hydroxylation is 2. The molecule has 0 aliphatic rings. The van der Waals surface area contributed by atoms with Gasteiger partial charge in [-0.05, 0) is 49.2 Å². The van der Waals surface area contributed by atoms with Crippen LogP contribution >= 0.6 is 22.9 Å². The molecule has 1 N–H and O–H groups in total. The van der Waals surface area contributed by atoms with E-state index in [1.54, 1.807) is 12.1 Å². The summed E-state index contributed by atoms with van der Waals surface area (Å²) in [7, 11) is 0. The van der Waals surface area contributed by atoms with E-state index in [4.69, 9.17) is 11.6 Å². The average molecular weight is 318 g/mol. The molecule has 0 unspecified atom stereocenters. The number of benzene rings is 1. The van der Waals surface area contributed by atoms with Crippen LogP contribution in [0, 0.1) is 13.8 Å². The molecule has 3 rings (SSSR count). The van der Waals surface area contributed by atoms with Crippen molar-refractivity contribution in [3.8, 4) is 10.6 Å². The molecule has 0 aliphatic heterocycles. The van der Waals surface area contributed by atoms with Gasteiger partial charge < -0.3 is 5.11 Å². The highest BCUT2D eigenvalue weighted by Gasteiger charge is 2.16. The molecule has 0 saturated heterocycles. The van der Waals surface area contributed by atoms with Gasteiger partial charge in [-0.15, -0.1) is 11.3 Å². The summed E-state index contributed by atoms with van der Waals surface area (Å²) in [4.78, 5) is 17.1. The summed E-state index contributed by atoms with van der Waals surface area (Å²) >= 11 is 7.34. The lowest BCUT2D eigenvalue weighted by Gasteiger charge is -2.09. The highest BCUT2D eigenvalue weighted by molar-refractivity contribution is 7.19. The molecule has 0 aliphatic carbocycles. The Morgan fingerprint density at radius 3 is 2.62 bits per heavy atom. The summed E-state index contributed by atoms with van der Waals surface area (Å²) in [6, 6.07) is 9.14. The molecule has 2 aromatic heterocycles. The second-order valence-corrected chi connectivity index (χ2v) is 6.65. The number of aromatic nitrogens is 1. The van der Waals surface area contributed by atoms with Crippen molar-refractivity contribution in [1.29, 1.82) is 0 Å². The number of halogens is 1. The van der Waals surface area contributed by atoms with Gasteiger partial charge in [-0.2, -0.15) is 0 Å².